The summed E-state index contributed by atoms with van der Waals surface area (Å²) in [5, 5.41) is 3.35. The molecule has 90 valence electrons. The summed E-state index contributed by atoms with van der Waals surface area (Å²) in [6.45, 7) is 1.12. The molecule has 0 unspecified atom stereocenters. The fourth-order valence-corrected chi connectivity index (χ4v) is 3.27. The Labute approximate surface area is 95.1 Å². The van der Waals surface area contributed by atoms with E-state index in [1.165, 1.54) is 16.8 Å². The summed E-state index contributed by atoms with van der Waals surface area (Å²) in [7, 11) is -1.46. The van der Waals surface area contributed by atoms with Crippen molar-refractivity contribution in [1.29, 1.82) is 0 Å². The van der Waals surface area contributed by atoms with Crippen molar-refractivity contribution in [3.63, 3.8) is 0 Å². The summed E-state index contributed by atoms with van der Waals surface area (Å²) in [5.41, 5.74) is 0. The van der Waals surface area contributed by atoms with E-state index in [9.17, 15) is 8.42 Å². The number of nitrogens with one attached hydrogen (secondary N) is 2. The molecule has 2 N–H and O–H groups in total. The molecule has 2 rings (SSSR count). The summed E-state index contributed by atoms with van der Waals surface area (Å²) < 4.78 is 25.7. The predicted octanol–water partition coefficient (Wildman–Crippen LogP) is -0.218. The second-order valence-electron chi connectivity index (χ2n) is 3.88. The van der Waals surface area contributed by atoms with Crippen molar-refractivity contribution < 1.29 is 8.42 Å². The normalized spacial score (nSPS) is 20.1. The molecule has 1 fully saturated rings. The van der Waals surface area contributed by atoms with Gasteiger partial charge in [0.15, 0.2) is 5.03 Å². The molecular formula is C9H16N4O2S. The highest BCUT2D eigenvalue weighted by molar-refractivity contribution is 7.89. The maximum Gasteiger partial charge on any atom is 0.260 e. The highest BCUT2D eigenvalue weighted by Gasteiger charge is 2.29. The van der Waals surface area contributed by atoms with Crippen LogP contribution in [0.5, 0.6) is 0 Å². The maximum atomic E-state index is 12.1. The van der Waals surface area contributed by atoms with Crippen molar-refractivity contribution in [2.24, 2.45) is 0 Å². The van der Waals surface area contributed by atoms with Crippen molar-refractivity contribution in [3.05, 3.63) is 12.5 Å². The molecule has 1 aliphatic heterocycles. The van der Waals surface area contributed by atoms with Crippen LogP contribution in [-0.4, -0.2) is 48.9 Å². The van der Waals surface area contributed by atoms with Gasteiger partial charge in [0, 0.05) is 19.1 Å². The molecule has 1 aromatic heterocycles. The van der Waals surface area contributed by atoms with Crippen molar-refractivity contribution in [2.75, 3.05) is 20.1 Å². The zero-order valence-corrected chi connectivity index (χ0v) is 10.00. The third-order valence-corrected chi connectivity index (χ3v) is 4.78. The Morgan fingerprint density at radius 2 is 2.19 bits per heavy atom. The Bertz CT molecular complexity index is 420. The van der Waals surface area contributed by atoms with E-state index >= 15 is 0 Å². The van der Waals surface area contributed by atoms with Crippen LogP contribution in [0.25, 0.3) is 0 Å². The predicted molar refractivity (Wildman–Crippen MR) is 59.4 cm³/mol. The minimum absolute atomic E-state index is 0.176. The first-order valence-corrected chi connectivity index (χ1v) is 6.74. The average molecular weight is 244 g/mol. The van der Waals surface area contributed by atoms with Crippen molar-refractivity contribution >= 4 is 10.0 Å². The molecule has 0 bridgehead atoms. The number of hydrogen-bond acceptors (Lipinski definition) is 4. The van der Waals surface area contributed by atoms with Crippen LogP contribution in [0.15, 0.2) is 17.6 Å². The molecule has 0 radical (unpaired) electrons. The minimum atomic E-state index is -3.36. The number of piperidine rings is 1. The van der Waals surface area contributed by atoms with Crippen LogP contribution >= 0.6 is 0 Å². The van der Waals surface area contributed by atoms with Gasteiger partial charge in [0.25, 0.3) is 10.0 Å². The molecule has 1 aliphatic rings. The van der Waals surface area contributed by atoms with Crippen molar-refractivity contribution in [1.82, 2.24) is 19.6 Å². The van der Waals surface area contributed by atoms with E-state index in [0.29, 0.717) is 19.1 Å². The van der Waals surface area contributed by atoms with Gasteiger partial charge in [-0.25, -0.2) is 13.4 Å². The fraction of sp³-hybridized carbons (Fsp3) is 0.667. The molecule has 0 atom stereocenters. The number of imidazole rings is 1. The van der Waals surface area contributed by atoms with Gasteiger partial charge in [-0.3, -0.25) is 0 Å². The number of rotatable bonds is 3. The molecule has 2 heterocycles. The van der Waals surface area contributed by atoms with E-state index in [2.05, 4.69) is 15.3 Å². The lowest BCUT2D eigenvalue weighted by atomic mass is 10.1. The second-order valence-corrected chi connectivity index (χ2v) is 5.79. The van der Waals surface area contributed by atoms with Crippen LogP contribution in [0.3, 0.4) is 0 Å². The lowest BCUT2D eigenvalue weighted by molar-refractivity contribution is 0.298. The monoisotopic (exact) mass is 244 g/mol. The smallest absolute Gasteiger partial charge is 0.260 e. The molecule has 0 aromatic carbocycles. The van der Waals surface area contributed by atoms with Crippen LogP contribution in [0, 0.1) is 0 Å². The van der Waals surface area contributed by atoms with Crippen LogP contribution in [0.2, 0.25) is 0 Å². The summed E-state index contributed by atoms with van der Waals surface area (Å²) in [4.78, 5) is 6.38. The first-order valence-electron chi connectivity index (χ1n) is 5.30. The second kappa shape index (κ2) is 4.52. The summed E-state index contributed by atoms with van der Waals surface area (Å²) in [6.07, 6.45) is 4.43. The zero-order valence-electron chi connectivity index (χ0n) is 9.18. The van der Waals surface area contributed by atoms with Crippen molar-refractivity contribution in [3.8, 4) is 0 Å². The van der Waals surface area contributed by atoms with Gasteiger partial charge in [0.1, 0.15) is 0 Å². The van der Waals surface area contributed by atoms with Gasteiger partial charge in [-0.1, -0.05) is 0 Å². The Hall–Kier alpha value is -0.920. The molecule has 0 amide bonds. The Morgan fingerprint density at radius 1 is 1.50 bits per heavy atom. The summed E-state index contributed by atoms with van der Waals surface area (Å²) in [5.74, 6) is 0. The molecule has 16 heavy (non-hydrogen) atoms. The molecule has 1 saturated heterocycles. The molecule has 0 spiro atoms. The number of nitrogens with zero attached hydrogens (tertiary/aromatic N) is 2. The highest BCUT2D eigenvalue weighted by Crippen LogP contribution is 2.18. The third kappa shape index (κ3) is 2.11. The van der Waals surface area contributed by atoms with E-state index in [1.54, 1.807) is 0 Å². The summed E-state index contributed by atoms with van der Waals surface area (Å²) >= 11 is 0. The first-order chi connectivity index (χ1) is 7.64. The number of hydrogen-bond donors (Lipinski definition) is 2. The van der Waals surface area contributed by atoms with E-state index in [4.69, 9.17) is 0 Å². The highest BCUT2D eigenvalue weighted by atomic mass is 32.2. The Kier molecular flexibility index (Phi) is 3.27. The molecule has 1 aromatic rings. The Balaban J connectivity index is 2.09. The lowest BCUT2D eigenvalue weighted by Gasteiger charge is -2.30. The van der Waals surface area contributed by atoms with Crippen LogP contribution in [0.1, 0.15) is 12.8 Å². The van der Waals surface area contributed by atoms with Crippen LogP contribution < -0.4 is 5.32 Å². The minimum Gasteiger partial charge on any atom is -0.335 e. The number of H-pyrrole nitrogens is 1. The van der Waals surface area contributed by atoms with E-state index in [-0.39, 0.29) is 5.03 Å². The zero-order chi connectivity index (χ0) is 11.6. The maximum absolute atomic E-state index is 12.1. The SMILES string of the molecule is CNC1CCN(S(=O)(=O)c2cnc[nH]2)CC1. The van der Waals surface area contributed by atoms with E-state index < -0.39 is 10.0 Å². The van der Waals surface area contributed by atoms with E-state index in [0.717, 1.165) is 12.8 Å². The number of aromatic nitrogens is 2. The van der Waals surface area contributed by atoms with Gasteiger partial charge in [0.2, 0.25) is 0 Å². The molecule has 0 aliphatic carbocycles. The third-order valence-electron chi connectivity index (χ3n) is 2.95. The number of sulfonamides is 1. The van der Waals surface area contributed by atoms with Gasteiger partial charge in [-0.15, -0.1) is 0 Å². The molecule has 7 heteroatoms. The topological polar surface area (TPSA) is 78.1 Å². The average Bonchev–Trinajstić information content (AvgIpc) is 2.83. The van der Waals surface area contributed by atoms with Crippen LogP contribution in [-0.2, 0) is 10.0 Å². The lowest BCUT2D eigenvalue weighted by Crippen LogP contribution is -2.43. The van der Waals surface area contributed by atoms with Crippen molar-refractivity contribution in [2.45, 2.75) is 23.9 Å². The van der Waals surface area contributed by atoms with Gasteiger partial charge >= 0.3 is 0 Å². The van der Waals surface area contributed by atoms with Gasteiger partial charge < -0.3 is 10.3 Å². The van der Waals surface area contributed by atoms with Gasteiger partial charge in [-0.2, -0.15) is 4.31 Å². The fourth-order valence-electron chi connectivity index (χ4n) is 1.91. The number of aromatic amines is 1. The molecular weight excluding hydrogens is 228 g/mol. The Morgan fingerprint density at radius 3 is 2.69 bits per heavy atom. The standard InChI is InChI=1S/C9H16N4O2S/c1-10-8-2-4-13(5-3-8)16(14,15)9-6-11-7-12-9/h6-8,10H,2-5H2,1H3,(H,11,12). The molecule has 0 saturated carbocycles. The largest absolute Gasteiger partial charge is 0.335 e. The quantitative estimate of drug-likeness (QED) is 0.770. The molecule has 6 nitrogen and oxygen atoms in total. The van der Waals surface area contributed by atoms with Crippen LogP contribution in [0.4, 0.5) is 0 Å². The first kappa shape index (κ1) is 11.6. The van der Waals surface area contributed by atoms with E-state index in [1.807, 2.05) is 7.05 Å². The van der Waals surface area contributed by atoms with Gasteiger partial charge in [-0.05, 0) is 19.9 Å². The van der Waals surface area contributed by atoms with Gasteiger partial charge in [0.05, 0.1) is 12.5 Å². The summed E-state index contributed by atoms with van der Waals surface area (Å²) in [6, 6.07) is 0.424.